The fraction of sp³-hybridized carbons (Fsp3) is 0.600. The van der Waals surface area contributed by atoms with E-state index >= 15 is 0 Å². The molecule has 1 rings (SSSR count). The van der Waals surface area contributed by atoms with Crippen molar-refractivity contribution in [1.82, 2.24) is 9.97 Å². The van der Waals surface area contributed by atoms with E-state index in [0.29, 0.717) is 18.3 Å². The number of ether oxygens (including phenoxy) is 1. The van der Waals surface area contributed by atoms with Gasteiger partial charge in [-0.3, -0.25) is 4.98 Å². The molecule has 0 radical (unpaired) electrons. The van der Waals surface area contributed by atoms with E-state index in [1.807, 2.05) is 0 Å². The van der Waals surface area contributed by atoms with E-state index in [4.69, 9.17) is 10.6 Å². The number of nitrogens with zero attached hydrogens (tertiary/aromatic N) is 2. The molecule has 1 heterocycles. The molecule has 84 valence electrons. The molecular weight excluding hydrogens is 192 g/mol. The third-order valence-electron chi connectivity index (χ3n) is 1.94. The van der Waals surface area contributed by atoms with E-state index in [9.17, 15) is 0 Å². The van der Waals surface area contributed by atoms with Crippen LogP contribution in [0.1, 0.15) is 26.0 Å². The summed E-state index contributed by atoms with van der Waals surface area (Å²) in [6, 6.07) is 0. The van der Waals surface area contributed by atoms with Crippen LogP contribution in [-0.4, -0.2) is 16.6 Å². The zero-order valence-corrected chi connectivity index (χ0v) is 9.23. The first-order valence-corrected chi connectivity index (χ1v) is 5.07. The number of nitrogens with two attached hydrogens (primary N) is 1. The fourth-order valence-electron chi connectivity index (χ4n) is 1.000. The van der Waals surface area contributed by atoms with E-state index in [0.717, 1.165) is 18.7 Å². The number of aromatic nitrogens is 2. The lowest BCUT2D eigenvalue weighted by molar-refractivity contribution is 0.108. The third-order valence-corrected chi connectivity index (χ3v) is 1.94. The van der Waals surface area contributed by atoms with Gasteiger partial charge in [0.25, 0.3) is 0 Å². The van der Waals surface area contributed by atoms with Gasteiger partial charge in [-0.15, -0.1) is 0 Å². The van der Waals surface area contributed by atoms with Crippen LogP contribution in [0.25, 0.3) is 0 Å². The van der Waals surface area contributed by atoms with Gasteiger partial charge in [0.05, 0.1) is 24.7 Å². The molecule has 0 aromatic carbocycles. The average Bonchev–Trinajstić information content (AvgIpc) is 2.25. The number of rotatable bonds is 6. The van der Waals surface area contributed by atoms with Crippen molar-refractivity contribution in [1.29, 1.82) is 0 Å². The van der Waals surface area contributed by atoms with Gasteiger partial charge in [0.2, 0.25) is 0 Å². The second-order valence-corrected chi connectivity index (χ2v) is 3.77. The van der Waals surface area contributed by atoms with Crippen LogP contribution in [0.3, 0.4) is 0 Å². The highest BCUT2D eigenvalue weighted by molar-refractivity contribution is 5.28. The molecule has 1 aromatic rings. The Bertz CT molecular complexity index is 273. The van der Waals surface area contributed by atoms with E-state index in [2.05, 4.69) is 29.2 Å². The fourth-order valence-corrected chi connectivity index (χ4v) is 1.000. The molecule has 0 saturated carbocycles. The van der Waals surface area contributed by atoms with Crippen molar-refractivity contribution in [2.24, 2.45) is 11.8 Å². The predicted octanol–water partition coefficient (Wildman–Crippen LogP) is 1.32. The first-order chi connectivity index (χ1) is 7.22. The summed E-state index contributed by atoms with van der Waals surface area (Å²) in [5.74, 6) is 6.39. The Morgan fingerprint density at radius 3 is 2.73 bits per heavy atom. The Balaban J connectivity index is 2.25. The topological polar surface area (TPSA) is 73.1 Å². The second kappa shape index (κ2) is 6.31. The Morgan fingerprint density at radius 1 is 1.40 bits per heavy atom. The highest BCUT2D eigenvalue weighted by atomic mass is 16.5. The summed E-state index contributed by atoms with van der Waals surface area (Å²) in [7, 11) is 0. The van der Waals surface area contributed by atoms with Crippen LogP contribution in [0, 0.1) is 5.92 Å². The lowest BCUT2D eigenvalue weighted by Crippen LogP contribution is -2.09. The zero-order valence-electron chi connectivity index (χ0n) is 9.23. The highest BCUT2D eigenvalue weighted by Crippen LogP contribution is 2.03. The number of hydrogen-bond donors (Lipinski definition) is 2. The third kappa shape index (κ3) is 4.71. The number of hydrogen-bond acceptors (Lipinski definition) is 5. The van der Waals surface area contributed by atoms with Gasteiger partial charge in [0, 0.05) is 6.61 Å². The van der Waals surface area contributed by atoms with Crippen LogP contribution in [0.4, 0.5) is 5.82 Å². The summed E-state index contributed by atoms with van der Waals surface area (Å²) in [5.41, 5.74) is 3.24. The number of nitrogens with one attached hydrogen (secondary N) is 1. The van der Waals surface area contributed by atoms with Crippen molar-refractivity contribution >= 4 is 5.82 Å². The smallest absolute Gasteiger partial charge is 0.158 e. The number of anilines is 1. The first kappa shape index (κ1) is 11.9. The maximum atomic E-state index is 5.45. The maximum Gasteiger partial charge on any atom is 0.158 e. The van der Waals surface area contributed by atoms with Crippen molar-refractivity contribution in [3.63, 3.8) is 0 Å². The van der Waals surface area contributed by atoms with E-state index in [1.54, 1.807) is 12.4 Å². The Labute approximate surface area is 90.0 Å². The Hall–Kier alpha value is -1.20. The molecule has 5 heteroatoms. The van der Waals surface area contributed by atoms with Crippen LogP contribution in [0.2, 0.25) is 0 Å². The zero-order chi connectivity index (χ0) is 11.1. The molecule has 0 bridgehead atoms. The lowest BCUT2D eigenvalue weighted by Gasteiger charge is -2.06. The molecular formula is C10H18N4O. The van der Waals surface area contributed by atoms with Gasteiger partial charge in [-0.2, -0.15) is 0 Å². The van der Waals surface area contributed by atoms with Crippen LogP contribution in [-0.2, 0) is 11.3 Å². The summed E-state index contributed by atoms with van der Waals surface area (Å²) in [5, 5.41) is 0. The van der Waals surface area contributed by atoms with E-state index in [1.165, 1.54) is 0 Å². The van der Waals surface area contributed by atoms with Crippen LogP contribution in [0.15, 0.2) is 12.4 Å². The quantitative estimate of drug-likeness (QED) is 0.421. The Kier molecular flexibility index (Phi) is 5.00. The van der Waals surface area contributed by atoms with Crippen molar-refractivity contribution in [3.8, 4) is 0 Å². The van der Waals surface area contributed by atoms with Crippen LogP contribution < -0.4 is 11.3 Å². The van der Waals surface area contributed by atoms with Crippen molar-refractivity contribution < 1.29 is 4.74 Å². The summed E-state index contributed by atoms with van der Waals surface area (Å²) in [4.78, 5) is 8.17. The lowest BCUT2D eigenvalue weighted by atomic mass is 10.1. The van der Waals surface area contributed by atoms with E-state index in [-0.39, 0.29) is 0 Å². The van der Waals surface area contributed by atoms with Gasteiger partial charge in [0.15, 0.2) is 5.82 Å². The SMILES string of the molecule is CC(C)CCOCc1cnc(NN)cn1. The normalized spacial score (nSPS) is 10.7. The van der Waals surface area contributed by atoms with Gasteiger partial charge in [-0.1, -0.05) is 13.8 Å². The standard InChI is InChI=1S/C10H18N4O/c1-8(2)3-4-15-7-9-5-13-10(14-11)6-12-9/h5-6,8H,3-4,7,11H2,1-2H3,(H,13,14). The first-order valence-electron chi connectivity index (χ1n) is 5.07. The minimum absolute atomic E-state index is 0.505. The predicted molar refractivity (Wildman–Crippen MR) is 59.0 cm³/mol. The second-order valence-electron chi connectivity index (χ2n) is 3.77. The maximum absolute atomic E-state index is 5.45. The molecule has 0 unspecified atom stereocenters. The molecule has 0 amide bonds. The number of nitrogen functional groups attached to an aromatic ring is 1. The molecule has 0 saturated heterocycles. The number of hydrazine groups is 1. The largest absolute Gasteiger partial charge is 0.375 e. The Morgan fingerprint density at radius 2 is 2.20 bits per heavy atom. The molecule has 0 spiro atoms. The van der Waals surface area contributed by atoms with Gasteiger partial charge in [-0.25, -0.2) is 10.8 Å². The minimum Gasteiger partial charge on any atom is -0.375 e. The molecule has 0 aliphatic carbocycles. The van der Waals surface area contributed by atoms with Crippen molar-refractivity contribution in [2.45, 2.75) is 26.9 Å². The van der Waals surface area contributed by atoms with Gasteiger partial charge >= 0.3 is 0 Å². The summed E-state index contributed by atoms with van der Waals surface area (Å²) in [6.07, 6.45) is 4.31. The molecule has 5 nitrogen and oxygen atoms in total. The summed E-state index contributed by atoms with van der Waals surface area (Å²) in [6.45, 7) is 5.61. The molecule has 15 heavy (non-hydrogen) atoms. The van der Waals surface area contributed by atoms with Crippen molar-refractivity contribution in [2.75, 3.05) is 12.0 Å². The van der Waals surface area contributed by atoms with Crippen molar-refractivity contribution in [3.05, 3.63) is 18.1 Å². The molecule has 0 fully saturated rings. The minimum atomic E-state index is 0.505. The highest BCUT2D eigenvalue weighted by Gasteiger charge is 1.98. The molecule has 0 atom stereocenters. The molecule has 0 aliphatic rings. The summed E-state index contributed by atoms with van der Waals surface area (Å²) < 4.78 is 5.45. The van der Waals surface area contributed by atoms with Gasteiger partial charge < -0.3 is 10.2 Å². The van der Waals surface area contributed by atoms with Crippen LogP contribution >= 0.6 is 0 Å². The molecule has 3 N–H and O–H groups in total. The van der Waals surface area contributed by atoms with Gasteiger partial charge in [0.1, 0.15) is 0 Å². The molecule has 0 aliphatic heterocycles. The molecule has 1 aromatic heterocycles. The van der Waals surface area contributed by atoms with E-state index < -0.39 is 0 Å². The monoisotopic (exact) mass is 210 g/mol. The average molecular weight is 210 g/mol. The summed E-state index contributed by atoms with van der Waals surface area (Å²) >= 11 is 0. The van der Waals surface area contributed by atoms with Crippen LogP contribution in [0.5, 0.6) is 0 Å². The van der Waals surface area contributed by atoms with Gasteiger partial charge in [-0.05, 0) is 12.3 Å².